The van der Waals surface area contributed by atoms with E-state index in [1.165, 1.54) is 5.69 Å². The summed E-state index contributed by atoms with van der Waals surface area (Å²) in [5.41, 5.74) is 4.01. The van der Waals surface area contributed by atoms with Gasteiger partial charge in [0, 0.05) is 74.2 Å². The number of nitrogens with zero attached hydrogens (tertiary/aromatic N) is 6. The van der Waals surface area contributed by atoms with E-state index < -0.39 is 0 Å². The summed E-state index contributed by atoms with van der Waals surface area (Å²) >= 11 is 0. The van der Waals surface area contributed by atoms with Crippen LogP contribution in [0.5, 0.6) is 0 Å². The Bertz CT molecular complexity index is 1190. The zero-order valence-corrected chi connectivity index (χ0v) is 20.0. The number of morpholine rings is 1. The third-order valence-corrected chi connectivity index (χ3v) is 7.95. The number of aromatic nitrogens is 4. The first kappa shape index (κ1) is 21.5. The molecule has 0 spiro atoms. The zero-order valence-electron chi connectivity index (χ0n) is 20.0. The normalized spacial score (nSPS) is 27.0. The molecule has 35 heavy (non-hydrogen) atoms. The fourth-order valence-electron chi connectivity index (χ4n) is 6.06. The second-order valence-electron chi connectivity index (χ2n) is 10.1. The molecule has 0 aromatic carbocycles. The van der Waals surface area contributed by atoms with Crippen molar-refractivity contribution in [2.24, 2.45) is 11.8 Å². The number of rotatable bonds is 4. The molecule has 2 unspecified atom stereocenters. The van der Waals surface area contributed by atoms with Crippen LogP contribution in [0.4, 0.5) is 11.5 Å². The van der Waals surface area contributed by atoms with Crippen LogP contribution in [0, 0.1) is 11.8 Å². The molecule has 3 aromatic rings. The lowest BCUT2D eigenvalue weighted by Crippen LogP contribution is -2.37. The monoisotopic (exact) mass is 476 g/mol. The molecule has 0 amide bonds. The first-order valence-corrected chi connectivity index (χ1v) is 13.0. The van der Waals surface area contributed by atoms with Gasteiger partial charge in [0.15, 0.2) is 6.23 Å². The summed E-state index contributed by atoms with van der Waals surface area (Å²) in [5, 5.41) is 5.79. The van der Waals surface area contributed by atoms with E-state index in [0.29, 0.717) is 11.8 Å². The van der Waals surface area contributed by atoms with Crippen LogP contribution in [0.25, 0.3) is 22.3 Å². The molecule has 7 rings (SSSR count). The highest BCUT2D eigenvalue weighted by atomic mass is 16.5. The predicted molar refractivity (Wildman–Crippen MR) is 133 cm³/mol. The maximum absolute atomic E-state index is 6.07. The molecule has 0 bridgehead atoms. The van der Waals surface area contributed by atoms with Crippen molar-refractivity contribution in [3.8, 4) is 11.4 Å². The zero-order chi connectivity index (χ0) is 23.2. The van der Waals surface area contributed by atoms with Crippen molar-refractivity contribution in [3.63, 3.8) is 0 Å². The Morgan fingerprint density at radius 1 is 0.886 bits per heavy atom. The van der Waals surface area contributed by atoms with Gasteiger partial charge < -0.3 is 24.0 Å². The first-order chi connectivity index (χ1) is 17.3. The van der Waals surface area contributed by atoms with E-state index in [-0.39, 0.29) is 6.23 Å². The van der Waals surface area contributed by atoms with E-state index >= 15 is 0 Å². The molecule has 9 heteroatoms. The van der Waals surface area contributed by atoms with Crippen LogP contribution in [0.15, 0.2) is 30.6 Å². The van der Waals surface area contributed by atoms with E-state index in [2.05, 4.69) is 27.0 Å². The second-order valence-corrected chi connectivity index (χ2v) is 10.1. The molecule has 0 N–H and O–H groups in total. The molecular weight excluding hydrogens is 444 g/mol. The Kier molecular flexibility index (Phi) is 5.56. The Hall–Kier alpha value is -2.75. The van der Waals surface area contributed by atoms with Gasteiger partial charge in [-0.25, -0.2) is 9.67 Å². The lowest BCUT2D eigenvalue weighted by molar-refractivity contribution is -0.0383. The van der Waals surface area contributed by atoms with Crippen molar-refractivity contribution < 1.29 is 14.2 Å². The van der Waals surface area contributed by atoms with Gasteiger partial charge in [-0.2, -0.15) is 5.10 Å². The van der Waals surface area contributed by atoms with Crippen molar-refractivity contribution in [2.45, 2.75) is 25.5 Å². The van der Waals surface area contributed by atoms with Gasteiger partial charge >= 0.3 is 0 Å². The third kappa shape index (κ3) is 3.86. The SMILES string of the molecule is c1cc2c(N3CC4COC[C@@H]4C3)cc(N3CCOCC3)nc2c(-c2ccnn2C2CCCCO2)n1. The Morgan fingerprint density at radius 3 is 2.54 bits per heavy atom. The standard InChI is InChI=1S/C26H32N6O3/c1-2-10-35-24(3-1)32-21(5-7-28-32)26-25-20(4-6-27-26)22(31-14-18-16-34-17-19(18)15-31)13-23(29-25)30-8-11-33-12-9-30/h4-7,13,18-19,24H,1-3,8-12,14-17H2/t18-,19?,24?/m0/s1. The summed E-state index contributed by atoms with van der Waals surface area (Å²) in [6, 6.07) is 6.44. The average Bonchev–Trinajstić information content (AvgIpc) is 3.66. The molecule has 0 saturated carbocycles. The maximum Gasteiger partial charge on any atom is 0.150 e. The smallest absolute Gasteiger partial charge is 0.150 e. The number of fused-ring (bicyclic) bond motifs is 2. The van der Waals surface area contributed by atoms with Crippen molar-refractivity contribution in [2.75, 3.05) is 69.0 Å². The minimum absolute atomic E-state index is 0.0503. The third-order valence-electron chi connectivity index (χ3n) is 7.95. The van der Waals surface area contributed by atoms with Crippen LogP contribution in [0.3, 0.4) is 0 Å². The summed E-state index contributed by atoms with van der Waals surface area (Å²) in [4.78, 5) is 15.0. The lowest BCUT2D eigenvalue weighted by atomic mass is 10.0. The highest BCUT2D eigenvalue weighted by Gasteiger charge is 2.38. The van der Waals surface area contributed by atoms with E-state index in [1.807, 2.05) is 23.1 Å². The van der Waals surface area contributed by atoms with Crippen LogP contribution in [0.1, 0.15) is 25.5 Å². The molecular formula is C26H32N6O3. The highest BCUT2D eigenvalue weighted by Crippen LogP contribution is 2.40. The van der Waals surface area contributed by atoms with Gasteiger partial charge in [0.1, 0.15) is 17.0 Å². The van der Waals surface area contributed by atoms with E-state index in [1.54, 1.807) is 0 Å². The number of pyridine rings is 2. The van der Waals surface area contributed by atoms with Gasteiger partial charge in [0.2, 0.25) is 0 Å². The molecule has 9 nitrogen and oxygen atoms in total. The van der Waals surface area contributed by atoms with Crippen molar-refractivity contribution in [3.05, 3.63) is 30.6 Å². The van der Waals surface area contributed by atoms with Crippen molar-refractivity contribution in [1.29, 1.82) is 0 Å². The molecule has 184 valence electrons. The Morgan fingerprint density at radius 2 is 1.74 bits per heavy atom. The average molecular weight is 477 g/mol. The number of hydrogen-bond acceptors (Lipinski definition) is 8. The van der Waals surface area contributed by atoms with Gasteiger partial charge in [-0.3, -0.25) is 4.98 Å². The van der Waals surface area contributed by atoms with E-state index in [9.17, 15) is 0 Å². The topological polar surface area (TPSA) is 77.8 Å². The summed E-state index contributed by atoms with van der Waals surface area (Å²) in [7, 11) is 0. The van der Waals surface area contributed by atoms with E-state index in [4.69, 9.17) is 24.2 Å². The van der Waals surface area contributed by atoms with Gasteiger partial charge in [-0.15, -0.1) is 0 Å². The Balaban J connectivity index is 1.36. The Labute approximate surface area is 205 Å². The predicted octanol–water partition coefficient (Wildman–Crippen LogP) is 3.11. The molecule has 0 aliphatic carbocycles. The van der Waals surface area contributed by atoms with Crippen LogP contribution in [-0.4, -0.2) is 79.0 Å². The molecule has 4 saturated heterocycles. The number of anilines is 2. The summed E-state index contributed by atoms with van der Waals surface area (Å²) in [6.07, 6.45) is 6.94. The van der Waals surface area contributed by atoms with Crippen LogP contribution in [0.2, 0.25) is 0 Å². The van der Waals surface area contributed by atoms with Crippen molar-refractivity contribution in [1.82, 2.24) is 19.7 Å². The molecule has 7 heterocycles. The van der Waals surface area contributed by atoms with Crippen LogP contribution in [-0.2, 0) is 14.2 Å². The van der Waals surface area contributed by atoms with Crippen LogP contribution >= 0.6 is 0 Å². The van der Waals surface area contributed by atoms with Crippen LogP contribution < -0.4 is 9.80 Å². The first-order valence-electron chi connectivity index (χ1n) is 13.0. The van der Waals surface area contributed by atoms with Crippen molar-refractivity contribution >= 4 is 22.4 Å². The molecule has 4 fully saturated rings. The summed E-state index contributed by atoms with van der Waals surface area (Å²) in [6.45, 7) is 7.72. The van der Waals surface area contributed by atoms with Gasteiger partial charge in [0.05, 0.1) is 32.1 Å². The quantitative estimate of drug-likeness (QED) is 0.569. The van der Waals surface area contributed by atoms with E-state index in [0.717, 1.165) is 107 Å². The minimum Gasteiger partial charge on any atom is -0.381 e. The maximum atomic E-state index is 6.07. The molecule has 4 aliphatic heterocycles. The summed E-state index contributed by atoms with van der Waals surface area (Å²) in [5.74, 6) is 2.21. The molecule has 4 aliphatic rings. The minimum atomic E-state index is -0.0503. The van der Waals surface area contributed by atoms with Gasteiger partial charge in [-0.05, 0) is 31.4 Å². The largest absolute Gasteiger partial charge is 0.381 e. The lowest BCUT2D eigenvalue weighted by Gasteiger charge is -2.30. The van der Waals surface area contributed by atoms with Gasteiger partial charge in [-0.1, -0.05) is 0 Å². The fraction of sp³-hybridized carbons (Fsp3) is 0.577. The fourth-order valence-corrected chi connectivity index (χ4v) is 6.06. The molecule has 3 aromatic heterocycles. The second kappa shape index (κ2) is 9.04. The van der Waals surface area contributed by atoms with Gasteiger partial charge in [0.25, 0.3) is 0 Å². The highest BCUT2D eigenvalue weighted by molar-refractivity contribution is 6.00. The number of hydrogen-bond donors (Lipinski definition) is 0. The summed E-state index contributed by atoms with van der Waals surface area (Å²) < 4.78 is 19.4. The number of ether oxygens (including phenoxy) is 3. The molecule has 3 atom stereocenters. The molecule has 0 radical (unpaired) electrons.